The molecule has 14 heteroatoms. The lowest BCUT2D eigenvalue weighted by atomic mass is 9.78. The number of rotatable bonds is 6. The predicted molar refractivity (Wildman–Crippen MR) is 245 cm³/mol. The van der Waals surface area contributed by atoms with E-state index in [2.05, 4.69) is 0 Å². The second-order valence-electron chi connectivity index (χ2n) is 19.6. The minimum absolute atomic E-state index is 0.0193. The third-order valence-electron chi connectivity index (χ3n) is 14.5. The second kappa shape index (κ2) is 25.1. The van der Waals surface area contributed by atoms with Crippen LogP contribution in [-0.2, 0) is 47.7 Å². The second-order valence-corrected chi connectivity index (χ2v) is 19.6. The third-order valence-corrected chi connectivity index (χ3v) is 14.5. The molecule has 0 spiro atoms. The van der Waals surface area contributed by atoms with E-state index in [0.717, 1.165) is 12.0 Å². The molecule has 0 aromatic carbocycles. The lowest BCUT2D eigenvalue weighted by Crippen LogP contribution is -2.61. The summed E-state index contributed by atoms with van der Waals surface area (Å²) in [5.41, 5.74) is 1.27. The van der Waals surface area contributed by atoms with Crippen LogP contribution in [0.1, 0.15) is 126 Å². The molecule has 0 aromatic heterocycles. The Bertz CT molecular complexity index is 1760. The zero-order chi connectivity index (χ0) is 48.2. The monoisotopic (exact) mass is 914 g/mol. The van der Waals surface area contributed by atoms with Crippen molar-refractivity contribution in [1.82, 2.24) is 4.90 Å². The number of ether oxygens (including phenoxy) is 5. The number of allylic oxidation sites excluding steroid dienone is 6. The summed E-state index contributed by atoms with van der Waals surface area (Å²) in [6.07, 6.45) is 11.2. The number of ketones is 3. The van der Waals surface area contributed by atoms with Gasteiger partial charge in [0, 0.05) is 58.5 Å². The molecule has 1 amide bonds. The van der Waals surface area contributed by atoms with Crippen molar-refractivity contribution >= 4 is 29.2 Å². The minimum Gasteiger partial charge on any atom is -0.460 e. The van der Waals surface area contributed by atoms with Gasteiger partial charge in [-0.3, -0.25) is 19.2 Å². The summed E-state index contributed by atoms with van der Waals surface area (Å²) in [5.74, 6) is -7.96. The van der Waals surface area contributed by atoms with E-state index >= 15 is 0 Å². The molecule has 0 radical (unpaired) electrons. The van der Waals surface area contributed by atoms with Gasteiger partial charge < -0.3 is 43.9 Å². The Morgan fingerprint density at radius 1 is 0.846 bits per heavy atom. The smallest absolute Gasteiger partial charge is 0.329 e. The number of hydrogen-bond donors (Lipinski definition) is 3. The highest BCUT2D eigenvalue weighted by molar-refractivity contribution is 6.39. The normalized spacial score (nSPS) is 40.4. The first kappa shape index (κ1) is 54.2. The van der Waals surface area contributed by atoms with Gasteiger partial charge in [-0.15, -0.1) is 0 Å². The van der Waals surface area contributed by atoms with Crippen molar-refractivity contribution in [3.63, 3.8) is 0 Å². The number of amides is 1. The molecule has 2 saturated heterocycles. The largest absolute Gasteiger partial charge is 0.460 e. The molecule has 3 fully saturated rings. The van der Waals surface area contributed by atoms with Gasteiger partial charge in [-0.1, -0.05) is 71.1 Å². The summed E-state index contributed by atoms with van der Waals surface area (Å²) >= 11 is 0. The zero-order valence-electron chi connectivity index (χ0n) is 40.6. The average molecular weight is 914 g/mol. The number of carbonyl (C=O) groups is 5. The van der Waals surface area contributed by atoms with Crippen LogP contribution < -0.4 is 0 Å². The van der Waals surface area contributed by atoms with Crippen LogP contribution in [-0.4, -0.2) is 132 Å². The molecule has 3 N–H and O–H groups in total. The fraction of sp³-hybridized carbons (Fsp3) is 0.745. The van der Waals surface area contributed by atoms with Crippen molar-refractivity contribution < 1.29 is 63.0 Å². The maximum absolute atomic E-state index is 14.4. The van der Waals surface area contributed by atoms with Gasteiger partial charge in [-0.05, 0) is 107 Å². The van der Waals surface area contributed by atoms with E-state index in [9.17, 15) is 39.3 Å². The third kappa shape index (κ3) is 14.3. The molecule has 15 atom stereocenters. The van der Waals surface area contributed by atoms with Crippen molar-refractivity contribution in [3.8, 4) is 0 Å². The van der Waals surface area contributed by atoms with Gasteiger partial charge >= 0.3 is 5.97 Å². The molecule has 3 unspecified atom stereocenters. The molecule has 366 valence electrons. The number of carbonyl (C=O) groups excluding carboxylic acids is 5. The van der Waals surface area contributed by atoms with E-state index in [1.165, 1.54) is 12.0 Å². The maximum Gasteiger partial charge on any atom is 0.329 e. The van der Waals surface area contributed by atoms with Crippen molar-refractivity contribution in [2.45, 2.75) is 180 Å². The van der Waals surface area contributed by atoms with Gasteiger partial charge in [-0.2, -0.15) is 0 Å². The number of aliphatic hydroxyl groups is 3. The van der Waals surface area contributed by atoms with E-state index in [1.807, 2.05) is 58.1 Å². The van der Waals surface area contributed by atoms with Crippen molar-refractivity contribution in [1.29, 1.82) is 0 Å². The van der Waals surface area contributed by atoms with Crippen LogP contribution in [0.5, 0.6) is 0 Å². The van der Waals surface area contributed by atoms with Crippen LogP contribution in [0.15, 0.2) is 47.6 Å². The summed E-state index contributed by atoms with van der Waals surface area (Å²) in [4.78, 5) is 71.8. The van der Waals surface area contributed by atoms with Crippen molar-refractivity contribution in [2.24, 2.45) is 35.5 Å². The molecule has 1 saturated carbocycles. The van der Waals surface area contributed by atoms with Crippen LogP contribution in [0.2, 0.25) is 0 Å². The highest BCUT2D eigenvalue weighted by Gasteiger charge is 2.53. The van der Waals surface area contributed by atoms with Gasteiger partial charge in [0.05, 0.1) is 24.4 Å². The summed E-state index contributed by atoms with van der Waals surface area (Å²) in [5, 5.41) is 33.8. The number of methoxy groups -OCH3 is 3. The van der Waals surface area contributed by atoms with Gasteiger partial charge in [0.1, 0.15) is 30.1 Å². The summed E-state index contributed by atoms with van der Waals surface area (Å²) in [7, 11) is 4.52. The Balaban J connectivity index is 1.70. The fourth-order valence-corrected chi connectivity index (χ4v) is 10.1. The standard InChI is InChI=1S/C51H79NO13/c1-30-16-12-11-13-17-31(2)42(61-8)28-38-21-19-36(7)51(60,65-38)48(57)49(58)52-23-15-14-18-39(52)50(59)64-43(33(4)26-37-20-22-40(53)44(27-37)62-9)29-41(54)32(3)25-35(6)46(56)47(63-10)45(55)34(5)24-30/h11-13,16-17,25,30,32-34,36-40,42-44,46-47,53,56,60H,14-15,18-24,26-29H2,1-10H3/b13-11+,16-12+,31-17+,35-25+/t30-,32-,33-,34?,36-,37+,38?,39+,40-,42+,43+,44-,46-,47?,51-/m1/s1. The number of Topliss-reactive ketones (excluding diaryl/α,β-unsaturated/α-hetero) is 3. The molecule has 4 rings (SSSR count). The highest BCUT2D eigenvalue weighted by atomic mass is 16.6. The highest BCUT2D eigenvalue weighted by Crippen LogP contribution is 2.38. The first-order chi connectivity index (χ1) is 30.7. The number of nitrogens with zero attached hydrogens (tertiary/aromatic N) is 1. The van der Waals surface area contributed by atoms with Gasteiger partial charge in [-0.25, -0.2) is 4.79 Å². The first-order valence-electron chi connectivity index (χ1n) is 23.9. The minimum atomic E-state index is -2.43. The molecule has 4 aliphatic rings. The first-order valence-corrected chi connectivity index (χ1v) is 23.9. The molecule has 1 aliphatic carbocycles. The van der Waals surface area contributed by atoms with Crippen LogP contribution in [0.25, 0.3) is 0 Å². The van der Waals surface area contributed by atoms with Crippen LogP contribution in [0.4, 0.5) is 0 Å². The van der Waals surface area contributed by atoms with Crippen LogP contribution >= 0.6 is 0 Å². The summed E-state index contributed by atoms with van der Waals surface area (Å²) in [6.45, 7) is 12.7. The maximum atomic E-state index is 14.4. The Hall–Kier alpha value is -3.37. The lowest BCUT2D eigenvalue weighted by Gasteiger charge is -2.42. The van der Waals surface area contributed by atoms with Crippen molar-refractivity contribution in [3.05, 3.63) is 47.6 Å². The Kier molecular flexibility index (Phi) is 21.0. The number of esters is 1. The van der Waals surface area contributed by atoms with Gasteiger partial charge in [0.15, 0.2) is 5.78 Å². The molecule has 14 nitrogen and oxygen atoms in total. The van der Waals surface area contributed by atoms with E-state index in [-0.39, 0.29) is 54.8 Å². The van der Waals surface area contributed by atoms with E-state index < -0.39 is 83.9 Å². The number of piperidine rings is 1. The summed E-state index contributed by atoms with van der Waals surface area (Å²) < 4.78 is 29.4. The Morgan fingerprint density at radius 3 is 2.25 bits per heavy atom. The van der Waals surface area contributed by atoms with E-state index in [0.29, 0.717) is 63.4 Å². The fourth-order valence-electron chi connectivity index (χ4n) is 10.1. The molecule has 3 heterocycles. The van der Waals surface area contributed by atoms with Crippen LogP contribution in [0, 0.1) is 35.5 Å². The average Bonchev–Trinajstić information content (AvgIpc) is 3.28. The Labute approximate surface area is 387 Å². The molecule has 2 bridgehead atoms. The quantitative estimate of drug-likeness (QED) is 0.156. The molecule has 65 heavy (non-hydrogen) atoms. The Morgan fingerprint density at radius 2 is 1.57 bits per heavy atom. The molecular weight excluding hydrogens is 835 g/mol. The number of fused-ring (bicyclic) bond motifs is 3. The van der Waals surface area contributed by atoms with Crippen LogP contribution in [0.3, 0.4) is 0 Å². The SMILES string of the molecule is COC1C(=O)C(C)C[C@H](C)/C=C/C=C/C=C(\C)[C@@H](OC)CC2CC[C@@H](C)[C@@](O)(O2)C(=O)C(=O)N2CCCC[C@H]2C(=O)O[C@H]([C@H](C)C[C@@H]2CC[C@@H](O)[C@H](OC)C2)CC(=O)[C@H](C)/C=C(\C)[C@H]1O. The van der Waals surface area contributed by atoms with E-state index in [4.69, 9.17) is 23.7 Å². The van der Waals surface area contributed by atoms with Gasteiger partial charge in [0.25, 0.3) is 11.7 Å². The van der Waals surface area contributed by atoms with Gasteiger partial charge in [0.2, 0.25) is 5.79 Å². The molecule has 0 aromatic rings. The topological polar surface area (TPSA) is 195 Å². The number of hydrogen-bond acceptors (Lipinski definition) is 13. The number of aliphatic hydroxyl groups excluding tert-OH is 2. The molecular formula is C51H79NO13. The van der Waals surface area contributed by atoms with E-state index in [1.54, 1.807) is 41.1 Å². The predicted octanol–water partition coefficient (Wildman–Crippen LogP) is 6.18. The summed E-state index contributed by atoms with van der Waals surface area (Å²) in [6, 6.07) is -1.14. The zero-order valence-corrected chi connectivity index (χ0v) is 40.6. The van der Waals surface area contributed by atoms with Crippen molar-refractivity contribution in [2.75, 3.05) is 27.9 Å². The number of cyclic esters (lactones) is 1. The molecule has 3 aliphatic heterocycles. The lowest BCUT2D eigenvalue weighted by molar-refractivity contribution is -0.265.